The number of methoxy groups -OCH3 is 1. The molecule has 0 radical (unpaired) electrons. The van der Waals surface area contributed by atoms with E-state index in [1.807, 2.05) is 36.4 Å². The van der Waals surface area contributed by atoms with Crippen molar-refractivity contribution in [2.75, 3.05) is 7.11 Å². The number of aliphatic carboxylic acids is 1. The summed E-state index contributed by atoms with van der Waals surface area (Å²) in [6.45, 7) is 0.624. The van der Waals surface area contributed by atoms with Gasteiger partial charge in [-0.05, 0) is 36.6 Å². The number of nitrogens with one attached hydrogen (secondary N) is 1. The Morgan fingerprint density at radius 3 is 2.81 bits per heavy atom. The minimum Gasteiger partial charge on any atom is -0.497 e. The Balaban J connectivity index is 1.67. The fraction of sp³-hybridized carbons (Fsp3) is 0.300. The molecule has 26 heavy (non-hydrogen) atoms. The summed E-state index contributed by atoms with van der Waals surface area (Å²) in [5, 5.41) is 13.5. The fourth-order valence-electron chi connectivity index (χ4n) is 2.86. The van der Waals surface area contributed by atoms with Crippen molar-refractivity contribution in [3.63, 3.8) is 0 Å². The Labute approximate surface area is 156 Å². The van der Waals surface area contributed by atoms with E-state index < -0.39 is 5.97 Å². The number of thiazole rings is 1. The molecule has 1 atom stereocenters. The first-order chi connectivity index (χ1) is 12.6. The van der Waals surface area contributed by atoms with Crippen molar-refractivity contribution in [2.24, 2.45) is 0 Å². The van der Waals surface area contributed by atoms with Gasteiger partial charge < -0.3 is 15.2 Å². The predicted octanol–water partition coefficient (Wildman–Crippen LogP) is 3.87. The summed E-state index contributed by atoms with van der Waals surface area (Å²) < 4.78 is 6.35. The molecule has 1 aromatic heterocycles. The first-order valence-electron chi connectivity index (χ1n) is 8.56. The van der Waals surface area contributed by atoms with Gasteiger partial charge in [-0.3, -0.25) is 4.79 Å². The lowest BCUT2D eigenvalue weighted by Gasteiger charge is -2.17. The molecular weight excluding hydrogens is 348 g/mol. The quantitative estimate of drug-likeness (QED) is 0.598. The molecule has 5 nitrogen and oxygen atoms in total. The van der Waals surface area contributed by atoms with Crippen molar-refractivity contribution in [2.45, 2.75) is 31.8 Å². The SMILES string of the molecule is COc1ccc2nc(CNC(CCC(=O)O)Cc3ccccc3)sc2c1. The van der Waals surface area contributed by atoms with Gasteiger partial charge in [-0.2, -0.15) is 0 Å². The number of rotatable bonds is 9. The Kier molecular flexibility index (Phi) is 6.20. The van der Waals surface area contributed by atoms with Crippen LogP contribution >= 0.6 is 11.3 Å². The molecule has 1 heterocycles. The summed E-state index contributed by atoms with van der Waals surface area (Å²) in [6, 6.07) is 16.1. The molecule has 1 unspecified atom stereocenters. The molecule has 0 saturated heterocycles. The number of hydrogen-bond donors (Lipinski definition) is 2. The van der Waals surface area contributed by atoms with E-state index in [1.54, 1.807) is 18.4 Å². The van der Waals surface area contributed by atoms with Crippen LogP contribution in [0.3, 0.4) is 0 Å². The molecule has 0 fully saturated rings. The number of ether oxygens (including phenoxy) is 1. The average molecular weight is 370 g/mol. The molecule has 3 rings (SSSR count). The van der Waals surface area contributed by atoms with Gasteiger partial charge in [0.2, 0.25) is 0 Å². The van der Waals surface area contributed by atoms with Gasteiger partial charge in [0.1, 0.15) is 10.8 Å². The van der Waals surface area contributed by atoms with Crippen LogP contribution in [0, 0.1) is 0 Å². The summed E-state index contributed by atoms with van der Waals surface area (Å²) in [6.07, 6.45) is 1.54. The molecule has 0 amide bonds. The highest BCUT2D eigenvalue weighted by molar-refractivity contribution is 7.18. The summed E-state index contributed by atoms with van der Waals surface area (Å²) in [5.74, 6) is 0.0565. The predicted molar refractivity (Wildman–Crippen MR) is 104 cm³/mol. The molecule has 0 aliphatic rings. The van der Waals surface area contributed by atoms with Crippen LogP contribution in [-0.4, -0.2) is 29.2 Å². The minimum absolute atomic E-state index is 0.0926. The van der Waals surface area contributed by atoms with Crippen LogP contribution in [0.1, 0.15) is 23.4 Å². The smallest absolute Gasteiger partial charge is 0.303 e. The lowest BCUT2D eigenvalue weighted by atomic mass is 10.0. The van der Waals surface area contributed by atoms with E-state index in [0.29, 0.717) is 13.0 Å². The first-order valence-corrected chi connectivity index (χ1v) is 9.38. The van der Waals surface area contributed by atoms with Gasteiger partial charge in [-0.25, -0.2) is 4.98 Å². The Hall–Kier alpha value is -2.44. The van der Waals surface area contributed by atoms with Crippen LogP contribution in [0.15, 0.2) is 48.5 Å². The fourth-order valence-corrected chi connectivity index (χ4v) is 3.81. The van der Waals surface area contributed by atoms with Crippen molar-refractivity contribution in [1.82, 2.24) is 10.3 Å². The van der Waals surface area contributed by atoms with Gasteiger partial charge in [-0.15, -0.1) is 11.3 Å². The largest absolute Gasteiger partial charge is 0.497 e. The number of carboxylic acids is 1. The molecule has 2 N–H and O–H groups in total. The van der Waals surface area contributed by atoms with Crippen molar-refractivity contribution in [1.29, 1.82) is 0 Å². The first kappa shape index (κ1) is 18.4. The van der Waals surface area contributed by atoms with Crippen LogP contribution in [0.2, 0.25) is 0 Å². The number of hydrogen-bond acceptors (Lipinski definition) is 5. The van der Waals surface area contributed by atoms with Crippen LogP contribution in [-0.2, 0) is 17.8 Å². The number of carbonyl (C=O) groups is 1. The van der Waals surface area contributed by atoms with Gasteiger partial charge in [0.25, 0.3) is 0 Å². The van der Waals surface area contributed by atoms with Crippen molar-refractivity contribution < 1.29 is 14.6 Å². The molecule has 0 aliphatic heterocycles. The maximum atomic E-state index is 11.0. The zero-order chi connectivity index (χ0) is 18.4. The number of nitrogens with zero attached hydrogens (tertiary/aromatic N) is 1. The number of benzene rings is 2. The third-order valence-electron chi connectivity index (χ3n) is 4.21. The summed E-state index contributed by atoms with van der Waals surface area (Å²) in [5.41, 5.74) is 2.15. The molecule has 0 saturated carbocycles. The Morgan fingerprint density at radius 1 is 1.27 bits per heavy atom. The third-order valence-corrected chi connectivity index (χ3v) is 5.23. The molecule has 3 aromatic rings. The zero-order valence-electron chi connectivity index (χ0n) is 14.6. The van der Waals surface area contributed by atoms with Crippen LogP contribution in [0.5, 0.6) is 5.75 Å². The maximum absolute atomic E-state index is 11.0. The van der Waals surface area contributed by atoms with Gasteiger partial charge in [0.15, 0.2) is 0 Å². The van der Waals surface area contributed by atoms with Gasteiger partial charge >= 0.3 is 5.97 Å². The van der Waals surface area contributed by atoms with E-state index in [0.717, 1.165) is 27.4 Å². The van der Waals surface area contributed by atoms with E-state index >= 15 is 0 Å². The molecule has 136 valence electrons. The average Bonchev–Trinajstić information content (AvgIpc) is 3.06. The van der Waals surface area contributed by atoms with E-state index in [9.17, 15) is 4.79 Å². The topological polar surface area (TPSA) is 71.5 Å². The summed E-state index contributed by atoms with van der Waals surface area (Å²) in [4.78, 5) is 15.6. The normalized spacial score (nSPS) is 12.2. The van der Waals surface area contributed by atoms with Crippen molar-refractivity contribution >= 4 is 27.5 Å². The molecule has 0 aliphatic carbocycles. The Bertz CT molecular complexity index is 864. The maximum Gasteiger partial charge on any atom is 0.303 e. The second kappa shape index (κ2) is 8.78. The van der Waals surface area contributed by atoms with Gasteiger partial charge in [-0.1, -0.05) is 30.3 Å². The van der Waals surface area contributed by atoms with E-state index in [1.165, 1.54) is 5.56 Å². The van der Waals surface area contributed by atoms with Gasteiger partial charge in [0, 0.05) is 19.0 Å². The highest BCUT2D eigenvalue weighted by Gasteiger charge is 2.13. The standard InChI is InChI=1S/C20H22N2O3S/c1-25-16-8-9-17-18(12-16)26-19(22-17)13-21-15(7-10-20(23)24)11-14-5-3-2-4-6-14/h2-6,8-9,12,15,21H,7,10-11,13H2,1H3,(H,23,24). The van der Waals surface area contributed by atoms with Gasteiger partial charge in [0.05, 0.1) is 17.3 Å². The molecule has 2 aromatic carbocycles. The summed E-state index contributed by atoms with van der Waals surface area (Å²) in [7, 11) is 1.65. The Morgan fingerprint density at radius 2 is 2.08 bits per heavy atom. The number of fused-ring (bicyclic) bond motifs is 1. The monoisotopic (exact) mass is 370 g/mol. The van der Waals surface area contributed by atoms with E-state index in [4.69, 9.17) is 9.84 Å². The van der Waals surface area contributed by atoms with E-state index in [2.05, 4.69) is 22.4 Å². The molecule has 6 heteroatoms. The molecular formula is C20H22N2O3S. The highest BCUT2D eigenvalue weighted by Crippen LogP contribution is 2.26. The van der Waals surface area contributed by atoms with E-state index in [-0.39, 0.29) is 12.5 Å². The number of aromatic nitrogens is 1. The van der Waals surface area contributed by atoms with Crippen LogP contribution < -0.4 is 10.1 Å². The third kappa shape index (κ3) is 5.03. The lowest BCUT2D eigenvalue weighted by molar-refractivity contribution is -0.137. The van der Waals surface area contributed by atoms with Crippen molar-refractivity contribution in [3.8, 4) is 5.75 Å². The van der Waals surface area contributed by atoms with Crippen LogP contribution in [0.25, 0.3) is 10.2 Å². The summed E-state index contributed by atoms with van der Waals surface area (Å²) >= 11 is 1.63. The number of carboxylic acid groups (broad SMARTS) is 1. The molecule has 0 bridgehead atoms. The molecule has 0 spiro atoms. The van der Waals surface area contributed by atoms with Crippen molar-refractivity contribution in [3.05, 3.63) is 59.1 Å². The lowest BCUT2D eigenvalue weighted by Crippen LogP contribution is -2.31. The second-order valence-electron chi connectivity index (χ2n) is 6.14. The second-order valence-corrected chi connectivity index (χ2v) is 7.26. The zero-order valence-corrected chi connectivity index (χ0v) is 15.5. The van der Waals surface area contributed by atoms with Crippen LogP contribution in [0.4, 0.5) is 0 Å². The highest BCUT2D eigenvalue weighted by atomic mass is 32.1. The minimum atomic E-state index is -0.767.